The van der Waals surface area contributed by atoms with Gasteiger partial charge in [0.2, 0.25) is 5.91 Å². The lowest BCUT2D eigenvalue weighted by Gasteiger charge is -2.23. The summed E-state index contributed by atoms with van der Waals surface area (Å²) in [7, 11) is 0. The molecule has 0 aromatic heterocycles. The molecule has 0 radical (unpaired) electrons. The molecule has 20 heavy (non-hydrogen) atoms. The highest BCUT2D eigenvalue weighted by Crippen LogP contribution is 2.28. The second-order valence-electron chi connectivity index (χ2n) is 4.52. The van der Waals surface area contributed by atoms with Gasteiger partial charge in [-0.2, -0.15) is 0 Å². The lowest BCUT2D eigenvalue weighted by atomic mass is 10.1. The summed E-state index contributed by atoms with van der Waals surface area (Å²) >= 11 is 0. The first-order valence-electron chi connectivity index (χ1n) is 6.28. The molecule has 1 atom stereocenters. The van der Waals surface area contributed by atoms with Crippen molar-refractivity contribution >= 4 is 17.6 Å². The smallest absolute Gasteiger partial charge is 0.305 e. The number of carboxylic acid groups (broad SMARTS) is 1. The molecule has 2 rings (SSSR count). The first-order chi connectivity index (χ1) is 9.63. The van der Waals surface area contributed by atoms with Gasteiger partial charge < -0.3 is 10.0 Å². The molecule has 7 heteroatoms. The molecule has 0 spiro atoms. The number of carbonyl (C=O) groups excluding carboxylic acids is 1. The van der Waals surface area contributed by atoms with E-state index in [1.807, 2.05) is 12.1 Å². The van der Waals surface area contributed by atoms with Gasteiger partial charge >= 0.3 is 5.97 Å². The second-order valence-corrected chi connectivity index (χ2v) is 4.52. The summed E-state index contributed by atoms with van der Waals surface area (Å²) in [6, 6.07) is 6.57. The maximum Gasteiger partial charge on any atom is 0.305 e. The monoisotopic (exact) mass is 274 g/mol. The van der Waals surface area contributed by atoms with Crippen LogP contribution in [0.2, 0.25) is 0 Å². The van der Waals surface area contributed by atoms with Gasteiger partial charge in [-0.05, 0) is 30.0 Å². The standard InChI is InChI=1S/C13H14N4O3/c14-16-15-10-6-5-9-3-1-2-4-11(9)17(13(10)20)8-7-12(18)19/h1-4,10H,5-8H2,(H,18,19). The van der Waals surface area contributed by atoms with Gasteiger partial charge in [-0.1, -0.05) is 23.3 Å². The Morgan fingerprint density at radius 3 is 2.95 bits per heavy atom. The van der Waals surface area contributed by atoms with Crippen molar-refractivity contribution in [2.24, 2.45) is 5.11 Å². The number of benzene rings is 1. The molecule has 1 aromatic rings. The first-order valence-corrected chi connectivity index (χ1v) is 6.28. The molecule has 0 fully saturated rings. The summed E-state index contributed by atoms with van der Waals surface area (Å²) in [6.07, 6.45) is 0.904. The highest BCUT2D eigenvalue weighted by Gasteiger charge is 2.29. The number of nitrogens with zero attached hydrogens (tertiary/aromatic N) is 4. The van der Waals surface area contributed by atoms with Gasteiger partial charge in [-0.25, -0.2) is 0 Å². The summed E-state index contributed by atoms with van der Waals surface area (Å²) in [5.74, 6) is -1.31. The van der Waals surface area contributed by atoms with Gasteiger partial charge in [0.05, 0.1) is 6.42 Å². The fourth-order valence-electron chi connectivity index (χ4n) is 2.31. The third-order valence-corrected chi connectivity index (χ3v) is 3.26. The van der Waals surface area contributed by atoms with Gasteiger partial charge in [0.1, 0.15) is 6.04 Å². The van der Waals surface area contributed by atoms with E-state index in [-0.39, 0.29) is 18.9 Å². The lowest BCUT2D eigenvalue weighted by Crippen LogP contribution is -2.38. The average Bonchev–Trinajstić information content (AvgIpc) is 2.56. The zero-order valence-electron chi connectivity index (χ0n) is 10.8. The van der Waals surface area contributed by atoms with Gasteiger partial charge in [0.25, 0.3) is 0 Å². The van der Waals surface area contributed by atoms with Crippen molar-refractivity contribution in [3.63, 3.8) is 0 Å². The van der Waals surface area contributed by atoms with Crippen LogP contribution < -0.4 is 4.90 Å². The molecule has 0 aliphatic carbocycles. The zero-order chi connectivity index (χ0) is 14.5. The van der Waals surface area contributed by atoms with E-state index in [4.69, 9.17) is 10.6 Å². The third-order valence-electron chi connectivity index (χ3n) is 3.26. The summed E-state index contributed by atoms with van der Waals surface area (Å²) < 4.78 is 0. The Morgan fingerprint density at radius 1 is 1.50 bits per heavy atom. The minimum absolute atomic E-state index is 0.0721. The molecule has 0 saturated heterocycles. The summed E-state index contributed by atoms with van der Waals surface area (Å²) in [6.45, 7) is 0.0721. The van der Waals surface area contributed by atoms with Crippen molar-refractivity contribution in [1.82, 2.24) is 0 Å². The fourth-order valence-corrected chi connectivity index (χ4v) is 2.31. The molecule has 0 bridgehead atoms. The molecule has 1 aliphatic rings. The van der Waals surface area contributed by atoms with Crippen LogP contribution in [0.4, 0.5) is 5.69 Å². The highest BCUT2D eigenvalue weighted by molar-refractivity contribution is 5.99. The number of aryl methyl sites for hydroxylation is 1. The van der Waals surface area contributed by atoms with Crippen molar-refractivity contribution in [2.45, 2.75) is 25.3 Å². The van der Waals surface area contributed by atoms with E-state index in [0.717, 1.165) is 5.56 Å². The predicted molar refractivity (Wildman–Crippen MR) is 72.3 cm³/mol. The minimum atomic E-state index is -0.972. The number of para-hydroxylation sites is 1. The fraction of sp³-hybridized carbons (Fsp3) is 0.385. The number of fused-ring (bicyclic) bond motifs is 1. The lowest BCUT2D eigenvalue weighted by molar-refractivity contribution is -0.136. The van der Waals surface area contributed by atoms with Crippen LogP contribution in [0.25, 0.3) is 10.4 Å². The second kappa shape index (κ2) is 6.08. The Balaban J connectivity index is 2.36. The highest BCUT2D eigenvalue weighted by atomic mass is 16.4. The van der Waals surface area contributed by atoms with Crippen LogP contribution in [-0.4, -0.2) is 29.6 Å². The van der Waals surface area contributed by atoms with Crippen molar-refractivity contribution in [3.05, 3.63) is 40.3 Å². The Labute approximate surface area is 115 Å². The number of carboxylic acids is 1. The number of rotatable bonds is 4. The Hall–Kier alpha value is -2.53. The van der Waals surface area contributed by atoms with Crippen molar-refractivity contribution in [1.29, 1.82) is 0 Å². The molecule has 1 aromatic carbocycles. The maximum absolute atomic E-state index is 12.4. The molecular weight excluding hydrogens is 260 g/mol. The topological polar surface area (TPSA) is 106 Å². The first kappa shape index (κ1) is 13.9. The van der Waals surface area contributed by atoms with Crippen LogP contribution in [0, 0.1) is 0 Å². The number of anilines is 1. The van der Waals surface area contributed by atoms with Gasteiger partial charge in [-0.15, -0.1) is 0 Å². The number of hydrogen-bond acceptors (Lipinski definition) is 3. The van der Waals surface area contributed by atoms with E-state index in [1.54, 1.807) is 12.1 Å². The quantitative estimate of drug-likeness (QED) is 0.516. The number of azide groups is 1. The van der Waals surface area contributed by atoms with E-state index >= 15 is 0 Å². The van der Waals surface area contributed by atoms with Crippen LogP contribution in [0.3, 0.4) is 0 Å². The predicted octanol–water partition coefficient (Wildman–Crippen LogP) is 2.12. The van der Waals surface area contributed by atoms with E-state index in [1.165, 1.54) is 4.90 Å². The summed E-state index contributed by atoms with van der Waals surface area (Å²) in [5, 5.41) is 12.3. The van der Waals surface area contributed by atoms with Gasteiger partial charge in [0.15, 0.2) is 0 Å². The molecule has 1 unspecified atom stereocenters. The van der Waals surface area contributed by atoms with Crippen molar-refractivity contribution in [3.8, 4) is 0 Å². The minimum Gasteiger partial charge on any atom is -0.481 e. The normalized spacial score (nSPS) is 17.9. The van der Waals surface area contributed by atoms with Gasteiger partial charge in [-0.3, -0.25) is 9.59 Å². The van der Waals surface area contributed by atoms with Crippen LogP contribution in [0.1, 0.15) is 18.4 Å². The Morgan fingerprint density at radius 2 is 2.25 bits per heavy atom. The van der Waals surface area contributed by atoms with Crippen molar-refractivity contribution < 1.29 is 14.7 Å². The molecule has 1 N–H and O–H groups in total. The Bertz CT molecular complexity index is 581. The summed E-state index contributed by atoms with van der Waals surface area (Å²) in [4.78, 5) is 27.2. The van der Waals surface area contributed by atoms with Crippen LogP contribution in [0.5, 0.6) is 0 Å². The van der Waals surface area contributed by atoms with E-state index in [2.05, 4.69) is 10.0 Å². The largest absolute Gasteiger partial charge is 0.481 e. The molecule has 7 nitrogen and oxygen atoms in total. The SMILES string of the molecule is [N-]=[N+]=NC1CCc2ccccc2N(CCC(=O)O)C1=O. The summed E-state index contributed by atoms with van der Waals surface area (Å²) in [5.41, 5.74) is 10.2. The van der Waals surface area contributed by atoms with Crippen LogP contribution in [0.15, 0.2) is 29.4 Å². The average molecular weight is 274 g/mol. The van der Waals surface area contributed by atoms with Gasteiger partial charge in [0, 0.05) is 17.1 Å². The molecule has 0 saturated carbocycles. The number of amides is 1. The Kier molecular flexibility index (Phi) is 4.22. The number of carbonyl (C=O) groups is 2. The van der Waals surface area contributed by atoms with E-state index < -0.39 is 12.0 Å². The molecule has 1 amide bonds. The van der Waals surface area contributed by atoms with E-state index in [0.29, 0.717) is 18.5 Å². The molecule has 1 aliphatic heterocycles. The molecular formula is C13H14N4O3. The third kappa shape index (κ3) is 2.89. The zero-order valence-corrected chi connectivity index (χ0v) is 10.8. The number of hydrogen-bond donors (Lipinski definition) is 1. The molecule has 1 heterocycles. The maximum atomic E-state index is 12.4. The van der Waals surface area contributed by atoms with Crippen molar-refractivity contribution in [2.75, 3.05) is 11.4 Å². The molecule has 104 valence electrons. The number of aliphatic carboxylic acids is 1. The van der Waals surface area contributed by atoms with Crippen LogP contribution in [-0.2, 0) is 16.0 Å². The van der Waals surface area contributed by atoms with E-state index in [9.17, 15) is 9.59 Å². The van der Waals surface area contributed by atoms with Crippen LogP contribution >= 0.6 is 0 Å².